The summed E-state index contributed by atoms with van der Waals surface area (Å²) in [5, 5.41) is 13.3. The molecule has 1 aliphatic heterocycles. The Labute approximate surface area is 145 Å². The molecule has 0 saturated carbocycles. The summed E-state index contributed by atoms with van der Waals surface area (Å²) in [6, 6.07) is 10.4. The number of benzene rings is 1. The van der Waals surface area contributed by atoms with Crippen molar-refractivity contribution in [3.63, 3.8) is 0 Å². The highest BCUT2D eigenvalue weighted by atomic mass is 16.6. The van der Waals surface area contributed by atoms with Crippen molar-refractivity contribution in [2.75, 3.05) is 13.1 Å². The van der Waals surface area contributed by atoms with Crippen molar-refractivity contribution >= 4 is 6.09 Å². The lowest BCUT2D eigenvalue weighted by Crippen LogP contribution is -2.55. The zero-order valence-corrected chi connectivity index (χ0v) is 15.1. The normalized spacial score (nSPS) is 23.3. The minimum atomic E-state index is -0.594. The van der Waals surface area contributed by atoms with Gasteiger partial charge in [0.1, 0.15) is 0 Å². The minimum Gasteiger partial charge on any atom is -0.447 e. The minimum absolute atomic E-state index is 0.161. The molecule has 2 rings (SSSR count). The van der Waals surface area contributed by atoms with Gasteiger partial charge >= 0.3 is 6.09 Å². The second-order valence-corrected chi connectivity index (χ2v) is 7.16. The number of alkyl carbamates (subject to hydrolysis) is 1. The van der Waals surface area contributed by atoms with Crippen molar-refractivity contribution in [2.45, 2.75) is 58.4 Å². The van der Waals surface area contributed by atoms with Gasteiger partial charge in [-0.05, 0) is 31.7 Å². The van der Waals surface area contributed by atoms with Crippen LogP contribution in [-0.2, 0) is 4.74 Å². The molecular formula is C19H30N2O3. The number of hydrogen-bond acceptors (Lipinski definition) is 4. The van der Waals surface area contributed by atoms with E-state index in [1.807, 2.05) is 19.9 Å². The molecule has 24 heavy (non-hydrogen) atoms. The van der Waals surface area contributed by atoms with E-state index in [9.17, 15) is 9.90 Å². The van der Waals surface area contributed by atoms with E-state index in [0.717, 1.165) is 6.54 Å². The molecule has 1 unspecified atom stereocenters. The lowest BCUT2D eigenvalue weighted by molar-refractivity contribution is 0.00743. The van der Waals surface area contributed by atoms with Gasteiger partial charge in [0.05, 0.1) is 18.2 Å². The standard InChI is InChI=1S/C19H30N2O3/c1-13(2)18(15-8-6-5-7-9-15)21-11-10-16(17(22)12-21)20-19(23)24-14(3)4/h5-9,13-14,16-18,22H,10-12H2,1-4H3,(H,20,23)/t16-,17-,18?/m1/s1. The molecule has 1 aromatic carbocycles. The molecule has 1 aromatic rings. The molecule has 1 fully saturated rings. The Morgan fingerprint density at radius 2 is 1.92 bits per heavy atom. The average Bonchev–Trinajstić information content (AvgIpc) is 2.50. The summed E-state index contributed by atoms with van der Waals surface area (Å²) in [5.74, 6) is 0.440. The Balaban J connectivity index is 1.99. The van der Waals surface area contributed by atoms with E-state index in [1.165, 1.54) is 5.56 Å². The number of nitrogens with zero attached hydrogens (tertiary/aromatic N) is 1. The number of carbonyl (C=O) groups is 1. The molecule has 0 bridgehead atoms. The van der Waals surface area contributed by atoms with Crippen molar-refractivity contribution in [1.82, 2.24) is 10.2 Å². The van der Waals surface area contributed by atoms with Crippen molar-refractivity contribution < 1.29 is 14.6 Å². The van der Waals surface area contributed by atoms with Crippen molar-refractivity contribution in [3.05, 3.63) is 35.9 Å². The smallest absolute Gasteiger partial charge is 0.407 e. The van der Waals surface area contributed by atoms with Gasteiger partial charge in [-0.25, -0.2) is 4.79 Å². The number of ether oxygens (including phenoxy) is 1. The van der Waals surface area contributed by atoms with Gasteiger partial charge in [0.25, 0.3) is 0 Å². The zero-order chi connectivity index (χ0) is 17.7. The molecule has 0 aliphatic carbocycles. The van der Waals surface area contributed by atoms with Crippen LogP contribution in [0.25, 0.3) is 0 Å². The lowest BCUT2D eigenvalue weighted by atomic mass is 9.91. The number of carbonyl (C=O) groups excluding carboxylic acids is 1. The second kappa shape index (κ2) is 8.49. The number of nitrogens with one attached hydrogen (secondary N) is 1. The summed E-state index contributed by atoms with van der Waals surface area (Å²) in [6.45, 7) is 9.41. The lowest BCUT2D eigenvalue weighted by Gasteiger charge is -2.42. The van der Waals surface area contributed by atoms with E-state index in [1.54, 1.807) is 0 Å². The fraction of sp³-hybridized carbons (Fsp3) is 0.632. The zero-order valence-electron chi connectivity index (χ0n) is 15.1. The molecule has 5 nitrogen and oxygen atoms in total. The third-order valence-corrected chi connectivity index (χ3v) is 4.43. The summed E-state index contributed by atoms with van der Waals surface area (Å²) in [7, 11) is 0. The Morgan fingerprint density at radius 1 is 1.25 bits per heavy atom. The number of β-amino-alcohol motifs (C(OH)–C–C–N with tert-alkyl or cyclic N) is 1. The summed E-state index contributed by atoms with van der Waals surface area (Å²) in [5.41, 5.74) is 1.27. The van der Waals surface area contributed by atoms with Gasteiger partial charge in [0.15, 0.2) is 0 Å². The Bertz CT molecular complexity index is 519. The van der Waals surface area contributed by atoms with Crippen LogP contribution < -0.4 is 5.32 Å². The topological polar surface area (TPSA) is 61.8 Å². The van der Waals surface area contributed by atoms with Crippen molar-refractivity contribution in [3.8, 4) is 0 Å². The molecule has 134 valence electrons. The van der Waals surface area contributed by atoms with Crippen LogP contribution >= 0.6 is 0 Å². The molecule has 3 atom stereocenters. The molecular weight excluding hydrogens is 304 g/mol. The highest BCUT2D eigenvalue weighted by Crippen LogP contribution is 2.31. The number of aliphatic hydroxyl groups excluding tert-OH is 1. The van der Waals surface area contributed by atoms with Crippen LogP contribution in [0.3, 0.4) is 0 Å². The van der Waals surface area contributed by atoms with Crippen LogP contribution in [0.4, 0.5) is 4.79 Å². The predicted octanol–water partition coefficient (Wildman–Crippen LogP) is 2.95. The average molecular weight is 334 g/mol. The molecule has 1 saturated heterocycles. The second-order valence-electron chi connectivity index (χ2n) is 7.16. The number of piperidine rings is 1. The number of aliphatic hydroxyl groups is 1. The predicted molar refractivity (Wildman–Crippen MR) is 94.8 cm³/mol. The van der Waals surface area contributed by atoms with E-state index < -0.39 is 12.2 Å². The van der Waals surface area contributed by atoms with Crippen LogP contribution in [0.5, 0.6) is 0 Å². The first kappa shape index (κ1) is 18.7. The number of amides is 1. The fourth-order valence-electron chi connectivity index (χ4n) is 3.44. The van der Waals surface area contributed by atoms with Gasteiger partial charge in [-0.2, -0.15) is 0 Å². The summed E-state index contributed by atoms with van der Waals surface area (Å²) in [4.78, 5) is 14.1. The summed E-state index contributed by atoms with van der Waals surface area (Å²) < 4.78 is 5.11. The van der Waals surface area contributed by atoms with E-state index >= 15 is 0 Å². The fourth-order valence-corrected chi connectivity index (χ4v) is 3.44. The number of hydrogen-bond donors (Lipinski definition) is 2. The van der Waals surface area contributed by atoms with Crippen LogP contribution in [0.2, 0.25) is 0 Å². The molecule has 1 heterocycles. The van der Waals surface area contributed by atoms with Gasteiger partial charge < -0.3 is 15.2 Å². The maximum Gasteiger partial charge on any atom is 0.407 e. The van der Waals surface area contributed by atoms with Gasteiger partial charge in [0.2, 0.25) is 0 Å². The number of rotatable bonds is 5. The largest absolute Gasteiger partial charge is 0.447 e. The van der Waals surface area contributed by atoms with Crippen LogP contribution in [0.15, 0.2) is 30.3 Å². The first-order chi connectivity index (χ1) is 11.4. The van der Waals surface area contributed by atoms with E-state index in [4.69, 9.17) is 4.74 Å². The van der Waals surface area contributed by atoms with Crippen LogP contribution in [0.1, 0.15) is 45.7 Å². The molecule has 1 amide bonds. The Morgan fingerprint density at radius 3 is 2.46 bits per heavy atom. The third-order valence-electron chi connectivity index (χ3n) is 4.43. The quantitative estimate of drug-likeness (QED) is 0.869. The maximum absolute atomic E-state index is 11.8. The molecule has 1 aliphatic rings. The summed E-state index contributed by atoms with van der Waals surface area (Å²) in [6.07, 6.45) is -0.496. The molecule has 0 aromatic heterocycles. The van der Waals surface area contributed by atoms with Crippen LogP contribution in [-0.4, -0.2) is 47.4 Å². The number of likely N-dealkylation sites (tertiary alicyclic amines) is 1. The Kier molecular flexibility index (Phi) is 6.63. The highest BCUT2D eigenvalue weighted by molar-refractivity contribution is 5.67. The molecule has 5 heteroatoms. The van der Waals surface area contributed by atoms with Crippen LogP contribution in [0, 0.1) is 5.92 Å². The third kappa shape index (κ3) is 4.95. The van der Waals surface area contributed by atoms with Crippen molar-refractivity contribution in [1.29, 1.82) is 0 Å². The highest BCUT2D eigenvalue weighted by Gasteiger charge is 2.34. The maximum atomic E-state index is 11.8. The van der Waals surface area contributed by atoms with Gasteiger partial charge in [-0.1, -0.05) is 44.2 Å². The van der Waals surface area contributed by atoms with Gasteiger partial charge in [-0.15, -0.1) is 0 Å². The molecule has 2 N–H and O–H groups in total. The van der Waals surface area contributed by atoms with E-state index in [0.29, 0.717) is 18.9 Å². The van der Waals surface area contributed by atoms with Gasteiger partial charge in [0, 0.05) is 19.1 Å². The molecule has 0 spiro atoms. The van der Waals surface area contributed by atoms with Crippen molar-refractivity contribution in [2.24, 2.45) is 5.92 Å². The van der Waals surface area contributed by atoms with Gasteiger partial charge in [-0.3, -0.25) is 4.90 Å². The first-order valence-corrected chi connectivity index (χ1v) is 8.82. The van der Waals surface area contributed by atoms with E-state index in [2.05, 4.69) is 48.3 Å². The SMILES string of the molecule is CC(C)OC(=O)N[C@@H]1CCN(C(c2ccccc2)C(C)C)C[C@H]1O. The Hall–Kier alpha value is -1.59. The summed E-state index contributed by atoms with van der Waals surface area (Å²) >= 11 is 0. The monoisotopic (exact) mass is 334 g/mol. The molecule has 0 radical (unpaired) electrons. The van der Waals surface area contributed by atoms with E-state index in [-0.39, 0.29) is 18.2 Å². The first-order valence-electron chi connectivity index (χ1n) is 8.82.